The average Bonchev–Trinajstić information content (AvgIpc) is 3.20. The van der Waals surface area contributed by atoms with Crippen molar-refractivity contribution in [1.29, 1.82) is 0 Å². The molecule has 9 nitrogen and oxygen atoms in total. The van der Waals surface area contributed by atoms with Crippen molar-refractivity contribution >= 4 is 34.0 Å². The number of hydrogen-bond donors (Lipinski definition) is 1. The minimum absolute atomic E-state index is 0.0326. The van der Waals surface area contributed by atoms with Crippen molar-refractivity contribution < 1.29 is 14.5 Å². The number of imidazole rings is 1. The van der Waals surface area contributed by atoms with Crippen molar-refractivity contribution in [2.75, 3.05) is 23.4 Å². The molecule has 0 unspecified atom stereocenters. The molecule has 0 spiro atoms. The van der Waals surface area contributed by atoms with E-state index in [0.717, 1.165) is 36.5 Å². The van der Waals surface area contributed by atoms with Crippen LogP contribution in [0.15, 0.2) is 72.8 Å². The first kappa shape index (κ1) is 20.5. The summed E-state index contributed by atoms with van der Waals surface area (Å²) >= 11 is 0. The molecule has 5 rings (SSSR count). The van der Waals surface area contributed by atoms with Crippen LogP contribution in [0.1, 0.15) is 5.82 Å². The second kappa shape index (κ2) is 8.62. The van der Waals surface area contributed by atoms with E-state index in [1.807, 2.05) is 36.4 Å². The van der Waals surface area contributed by atoms with Crippen molar-refractivity contribution in [2.45, 2.75) is 13.1 Å². The monoisotopic (exact) mass is 443 g/mol. The fourth-order valence-corrected chi connectivity index (χ4v) is 3.97. The zero-order valence-electron chi connectivity index (χ0n) is 17.7. The third-order valence-corrected chi connectivity index (χ3v) is 5.58. The van der Waals surface area contributed by atoms with Gasteiger partial charge in [0, 0.05) is 36.6 Å². The van der Waals surface area contributed by atoms with Gasteiger partial charge in [-0.2, -0.15) is 0 Å². The van der Waals surface area contributed by atoms with Gasteiger partial charge in [-0.05, 0) is 42.5 Å². The number of aromatic nitrogens is 2. The molecule has 0 bridgehead atoms. The fourth-order valence-electron chi connectivity index (χ4n) is 3.97. The molecule has 0 saturated carbocycles. The predicted molar refractivity (Wildman–Crippen MR) is 124 cm³/mol. The van der Waals surface area contributed by atoms with Crippen molar-refractivity contribution in [3.05, 3.63) is 88.7 Å². The molecule has 4 aromatic rings. The van der Waals surface area contributed by atoms with E-state index >= 15 is 0 Å². The van der Waals surface area contributed by atoms with Gasteiger partial charge in [-0.1, -0.05) is 18.2 Å². The zero-order valence-corrected chi connectivity index (χ0v) is 17.7. The topological polar surface area (TPSA) is 103 Å². The Morgan fingerprint density at radius 2 is 1.85 bits per heavy atom. The van der Waals surface area contributed by atoms with E-state index in [4.69, 9.17) is 9.72 Å². The molecule has 0 atom stereocenters. The largest absolute Gasteiger partial charge is 0.484 e. The zero-order chi connectivity index (χ0) is 22.8. The van der Waals surface area contributed by atoms with Gasteiger partial charge in [0.1, 0.15) is 11.6 Å². The van der Waals surface area contributed by atoms with Gasteiger partial charge in [0.15, 0.2) is 6.61 Å². The SMILES string of the molecule is O=C(COc1ccc([N+](=O)[O-])cc1)Nc1ccc2c(c1)nc1n2CCN(c2ccccc2)C1. The number of rotatable bonds is 6. The molecule has 1 aliphatic rings. The summed E-state index contributed by atoms with van der Waals surface area (Å²) in [5.41, 5.74) is 3.65. The number of non-ortho nitro benzene ring substituents is 1. The first-order chi connectivity index (χ1) is 16.1. The number of anilines is 2. The number of nitrogens with one attached hydrogen (secondary N) is 1. The summed E-state index contributed by atoms with van der Waals surface area (Å²) in [5, 5.41) is 13.5. The maximum atomic E-state index is 12.3. The molecular formula is C24H21N5O4. The Morgan fingerprint density at radius 1 is 1.06 bits per heavy atom. The standard InChI is InChI=1S/C24H21N5O4/c30-24(16-33-20-9-7-19(8-10-20)29(31)32)25-17-6-11-22-21(14-17)26-23-15-27(12-13-28(22)23)18-4-2-1-3-5-18/h1-11,14H,12-13,15-16H2,(H,25,30). The second-order valence-electron chi connectivity index (χ2n) is 7.73. The summed E-state index contributed by atoms with van der Waals surface area (Å²) < 4.78 is 7.64. The smallest absolute Gasteiger partial charge is 0.269 e. The molecule has 1 amide bonds. The number of nitro groups is 1. The van der Waals surface area contributed by atoms with Crippen LogP contribution in [0.25, 0.3) is 11.0 Å². The minimum atomic E-state index is -0.487. The summed E-state index contributed by atoms with van der Waals surface area (Å²) in [4.78, 5) is 29.6. The number of para-hydroxylation sites is 1. The number of carbonyl (C=O) groups excluding carboxylic acids is 1. The fraction of sp³-hybridized carbons (Fsp3) is 0.167. The highest BCUT2D eigenvalue weighted by atomic mass is 16.6. The molecule has 9 heteroatoms. The maximum absolute atomic E-state index is 12.3. The molecule has 0 fully saturated rings. The van der Waals surface area contributed by atoms with Crippen molar-refractivity contribution in [3.8, 4) is 5.75 Å². The lowest BCUT2D eigenvalue weighted by Crippen LogP contribution is -2.33. The molecule has 0 radical (unpaired) electrons. The van der Waals surface area contributed by atoms with Gasteiger partial charge in [0.25, 0.3) is 11.6 Å². The maximum Gasteiger partial charge on any atom is 0.269 e. The van der Waals surface area contributed by atoms with Gasteiger partial charge in [-0.3, -0.25) is 14.9 Å². The van der Waals surface area contributed by atoms with Crippen LogP contribution >= 0.6 is 0 Å². The summed E-state index contributed by atoms with van der Waals surface area (Å²) in [5.74, 6) is 1.05. The number of nitrogens with zero attached hydrogens (tertiary/aromatic N) is 4. The summed E-state index contributed by atoms with van der Waals surface area (Å²) in [6.45, 7) is 2.27. The Labute approximate surface area is 189 Å². The lowest BCUT2D eigenvalue weighted by atomic mass is 10.2. The number of benzene rings is 3. The van der Waals surface area contributed by atoms with Crippen LogP contribution in [-0.2, 0) is 17.9 Å². The normalized spacial score (nSPS) is 12.9. The number of hydrogen-bond acceptors (Lipinski definition) is 6. The van der Waals surface area contributed by atoms with E-state index < -0.39 is 4.92 Å². The second-order valence-corrected chi connectivity index (χ2v) is 7.73. The Bertz CT molecular complexity index is 1320. The first-order valence-electron chi connectivity index (χ1n) is 10.5. The Kier molecular flexibility index (Phi) is 5.35. The lowest BCUT2D eigenvalue weighted by Gasteiger charge is -2.29. The third-order valence-electron chi connectivity index (χ3n) is 5.58. The Morgan fingerprint density at radius 3 is 2.61 bits per heavy atom. The first-order valence-corrected chi connectivity index (χ1v) is 10.5. The number of nitro benzene ring substituents is 1. The average molecular weight is 443 g/mol. The van der Waals surface area contributed by atoms with Gasteiger partial charge in [0.05, 0.1) is 22.5 Å². The Hall–Kier alpha value is -4.40. The van der Waals surface area contributed by atoms with Gasteiger partial charge >= 0.3 is 0 Å². The number of fused-ring (bicyclic) bond motifs is 3. The molecule has 33 heavy (non-hydrogen) atoms. The third kappa shape index (κ3) is 4.33. The molecule has 1 N–H and O–H groups in total. The van der Waals surface area contributed by atoms with E-state index in [1.165, 1.54) is 30.0 Å². The molecule has 3 aromatic carbocycles. The van der Waals surface area contributed by atoms with E-state index in [-0.39, 0.29) is 18.2 Å². The number of ether oxygens (including phenoxy) is 1. The van der Waals surface area contributed by atoms with E-state index in [1.54, 1.807) is 0 Å². The summed E-state index contributed by atoms with van der Waals surface area (Å²) in [6, 6.07) is 21.6. The van der Waals surface area contributed by atoms with Crippen LogP contribution in [0, 0.1) is 10.1 Å². The molecule has 1 aliphatic heterocycles. The van der Waals surface area contributed by atoms with E-state index in [9.17, 15) is 14.9 Å². The predicted octanol–water partition coefficient (Wildman–Crippen LogP) is 3.98. The minimum Gasteiger partial charge on any atom is -0.484 e. The van der Waals surface area contributed by atoms with Gasteiger partial charge in [0.2, 0.25) is 0 Å². The molecule has 1 aromatic heterocycles. The van der Waals surface area contributed by atoms with E-state index in [0.29, 0.717) is 11.4 Å². The quantitative estimate of drug-likeness (QED) is 0.357. The molecule has 0 aliphatic carbocycles. The lowest BCUT2D eigenvalue weighted by molar-refractivity contribution is -0.384. The number of amides is 1. The van der Waals surface area contributed by atoms with Gasteiger partial charge < -0.3 is 19.5 Å². The van der Waals surface area contributed by atoms with Crippen LogP contribution in [0.2, 0.25) is 0 Å². The van der Waals surface area contributed by atoms with Gasteiger partial charge in [-0.25, -0.2) is 4.98 Å². The molecule has 2 heterocycles. The molecule has 166 valence electrons. The van der Waals surface area contributed by atoms with Crippen LogP contribution in [0.3, 0.4) is 0 Å². The van der Waals surface area contributed by atoms with E-state index in [2.05, 4.69) is 26.9 Å². The van der Waals surface area contributed by atoms with Crippen LogP contribution in [-0.4, -0.2) is 33.5 Å². The van der Waals surface area contributed by atoms with Crippen LogP contribution in [0.5, 0.6) is 5.75 Å². The van der Waals surface area contributed by atoms with Crippen molar-refractivity contribution in [3.63, 3.8) is 0 Å². The highest BCUT2D eigenvalue weighted by Crippen LogP contribution is 2.26. The highest BCUT2D eigenvalue weighted by molar-refractivity contribution is 5.94. The molecule has 0 saturated heterocycles. The van der Waals surface area contributed by atoms with Gasteiger partial charge in [-0.15, -0.1) is 0 Å². The summed E-state index contributed by atoms with van der Waals surface area (Å²) in [6.07, 6.45) is 0. The highest BCUT2D eigenvalue weighted by Gasteiger charge is 2.20. The Balaban J connectivity index is 1.24. The van der Waals surface area contributed by atoms with Crippen molar-refractivity contribution in [2.24, 2.45) is 0 Å². The van der Waals surface area contributed by atoms with Crippen molar-refractivity contribution in [1.82, 2.24) is 9.55 Å². The number of carbonyl (C=O) groups is 1. The van der Waals surface area contributed by atoms with Crippen LogP contribution in [0.4, 0.5) is 17.1 Å². The summed E-state index contributed by atoms with van der Waals surface area (Å²) in [7, 11) is 0. The van der Waals surface area contributed by atoms with Crippen LogP contribution < -0.4 is 15.0 Å². The molecular weight excluding hydrogens is 422 g/mol.